The molecule has 0 bridgehead atoms. The normalized spacial score (nSPS) is 16.5. The van der Waals surface area contributed by atoms with Crippen molar-refractivity contribution in [2.45, 2.75) is 20.8 Å². The van der Waals surface area contributed by atoms with Crippen molar-refractivity contribution in [2.24, 2.45) is 0 Å². The molecule has 6 heteroatoms. The van der Waals surface area contributed by atoms with Crippen molar-refractivity contribution >= 4 is 11.4 Å². The maximum absolute atomic E-state index is 5.41. The zero-order valence-electron chi connectivity index (χ0n) is 14.4. The van der Waals surface area contributed by atoms with E-state index in [9.17, 15) is 0 Å². The van der Waals surface area contributed by atoms with Gasteiger partial charge in [0.25, 0.3) is 0 Å². The lowest BCUT2D eigenvalue weighted by Gasteiger charge is -2.28. The van der Waals surface area contributed by atoms with Crippen molar-refractivity contribution in [1.29, 1.82) is 0 Å². The van der Waals surface area contributed by atoms with E-state index in [-0.39, 0.29) is 0 Å². The summed E-state index contributed by atoms with van der Waals surface area (Å²) >= 11 is 0. The van der Waals surface area contributed by atoms with Crippen molar-refractivity contribution in [1.82, 2.24) is 20.0 Å². The van der Waals surface area contributed by atoms with Gasteiger partial charge >= 0.3 is 0 Å². The van der Waals surface area contributed by atoms with Gasteiger partial charge in [0.1, 0.15) is 5.69 Å². The maximum Gasteiger partial charge on any atom is 0.115 e. The minimum absolute atomic E-state index is 0.758. The first-order valence-corrected chi connectivity index (χ1v) is 8.23. The molecule has 1 aliphatic heterocycles. The largest absolute Gasteiger partial charge is 0.378 e. The molecule has 2 aromatic heterocycles. The van der Waals surface area contributed by atoms with Crippen LogP contribution in [0.4, 0.5) is 5.69 Å². The van der Waals surface area contributed by atoms with E-state index >= 15 is 0 Å². The predicted molar refractivity (Wildman–Crippen MR) is 95.7 cm³/mol. The Morgan fingerprint density at radius 2 is 1.96 bits per heavy atom. The molecule has 1 fully saturated rings. The van der Waals surface area contributed by atoms with Crippen LogP contribution in [0.5, 0.6) is 0 Å². The van der Waals surface area contributed by atoms with E-state index < -0.39 is 0 Å². The van der Waals surface area contributed by atoms with Crippen LogP contribution in [0.3, 0.4) is 0 Å². The second-order valence-electron chi connectivity index (χ2n) is 5.73. The highest BCUT2D eigenvalue weighted by Crippen LogP contribution is 2.24. The lowest BCUT2D eigenvalue weighted by molar-refractivity contribution is 0.122. The monoisotopic (exact) mass is 325 g/mol. The molecule has 0 aromatic carbocycles. The zero-order valence-corrected chi connectivity index (χ0v) is 14.4. The third-order valence-electron chi connectivity index (χ3n) is 4.25. The average Bonchev–Trinajstić information content (AvgIpc) is 3.13. The van der Waals surface area contributed by atoms with Gasteiger partial charge in [-0.05, 0) is 32.4 Å². The minimum Gasteiger partial charge on any atom is -0.378 e. The van der Waals surface area contributed by atoms with Crippen LogP contribution in [0.2, 0.25) is 0 Å². The number of rotatable bonds is 4. The molecule has 0 N–H and O–H groups in total. The van der Waals surface area contributed by atoms with Gasteiger partial charge < -0.3 is 9.64 Å². The molecule has 1 aliphatic rings. The second kappa shape index (κ2) is 7.40. The smallest absolute Gasteiger partial charge is 0.115 e. The summed E-state index contributed by atoms with van der Waals surface area (Å²) in [6, 6.07) is 2.12. The first kappa shape index (κ1) is 16.4. The number of ether oxygens (including phenoxy) is 1. The van der Waals surface area contributed by atoms with Crippen LogP contribution < -0.4 is 4.90 Å². The van der Waals surface area contributed by atoms with E-state index in [1.54, 1.807) is 0 Å². The molecular formula is C18H23N5O. The highest BCUT2D eigenvalue weighted by atomic mass is 16.5. The SMILES string of the molecule is CC=C(C)C(=CC)n1cc(-c2cncc(N3CCOCC3)c2)nn1. The van der Waals surface area contributed by atoms with Crippen molar-refractivity contribution < 1.29 is 4.74 Å². The van der Waals surface area contributed by atoms with E-state index in [0.717, 1.165) is 54.5 Å². The summed E-state index contributed by atoms with van der Waals surface area (Å²) in [5.41, 5.74) is 5.09. The molecule has 0 unspecified atom stereocenters. The van der Waals surface area contributed by atoms with Gasteiger partial charge in [0.15, 0.2) is 0 Å². The average molecular weight is 325 g/mol. The van der Waals surface area contributed by atoms with Crippen LogP contribution in [0.25, 0.3) is 17.0 Å². The number of anilines is 1. The van der Waals surface area contributed by atoms with E-state index in [0.29, 0.717) is 0 Å². The van der Waals surface area contributed by atoms with Crippen LogP contribution in [0.1, 0.15) is 20.8 Å². The van der Waals surface area contributed by atoms with E-state index in [1.165, 1.54) is 0 Å². The van der Waals surface area contributed by atoms with Gasteiger partial charge in [-0.2, -0.15) is 0 Å². The maximum atomic E-state index is 5.41. The Morgan fingerprint density at radius 3 is 2.67 bits per heavy atom. The molecule has 0 spiro atoms. The second-order valence-corrected chi connectivity index (χ2v) is 5.73. The van der Waals surface area contributed by atoms with Crippen LogP contribution in [-0.4, -0.2) is 46.3 Å². The first-order valence-electron chi connectivity index (χ1n) is 8.23. The fraction of sp³-hybridized carbons (Fsp3) is 0.389. The summed E-state index contributed by atoms with van der Waals surface area (Å²) < 4.78 is 7.22. The highest BCUT2D eigenvalue weighted by molar-refractivity contribution is 5.66. The Kier molecular flexibility index (Phi) is 5.05. The van der Waals surface area contributed by atoms with Crippen molar-refractivity contribution in [3.63, 3.8) is 0 Å². The van der Waals surface area contributed by atoms with E-state index in [4.69, 9.17) is 4.74 Å². The number of allylic oxidation sites excluding steroid dienone is 4. The fourth-order valence-electron chi connectivity index (χ4n) is 2.76. The molecule has 1 saturated heterocycles. The third kappa shape index (κ3) is 3.38. The first-order chi connectivity index (χ1) is 11.7. The summed E-state index contributed by atoms with van der Waals surface area (Å²) in [7, 11) is 0. The van der Waals surface area contributed by atoms with Crippen molar-refractivity contribution in [3.8, 4) is 11.3 Å². The molecule has 0 amide bonds. The summed E-state index contributed by atoms with van der Waals surface area (Å²) in [4.78, 5) is 6.66. The highest BCUT2D eigenvalue weighted by Gasteiger charge is 2.14. The summed E-state index contributed by atoms with van der Waals surface area (Å²) in [5.74, 6) is 0. The molecule has 0 saturated carbocycles. The fourth-order valence-corrected chi connectivity index (χ4v) is 2.76. The van der Waals surface area contributed by atoms with Crippen molar-refractivity contribution in [2.75, 3.05) is 31.2 Å². The molecule has 0 aliphatic carbocycles. The molecule has 6 nitrogen and oxygen atoms in total. The van der Waals surface area contributed by atoms with Crippen molar-refractivity contribution in [3.05, 3.63) is 42.4 Å². The molecule has 0 radical (unpaired) electrons. The zero-order chi connectivity index (χ0) is 16.9. The third-order valence-corrected chi connectivity index (χ3v) is 4.25. The molecule has 24 heavy (non-hydrogen) atoms. The molecule has 0 atom stereocenters. The van der Waals surface area contributed by atoms with Gasteiger partial charge in [-0.15, -0.1) is 5.10 Å². The number of hydrogen-bond acceptors (Lipinski definition) is 5. The Balaban J connectivity index is 1.87. The van der Waals surface area contributed by atoms with Crippen LogP contribution in [-0.2, 0) is 4.74 Å². The Bertz CT molecular complexity index is 756. The van der Waals surface area contributed by atoms with Gasteiger partial charge in [-0.3, -0.25) is 4.98 Å². The summed E-state index contributed by atoms with van der Waals surface area (Å²) in [5, 5.41) is 8.59. The van der Waals surface area contributed by atoms with E-state index in [2.05, 4.69) is 39.3 Å². The van der Waals surface area contributed by atoms with Gasteiger partial charge in [0.05, 0.1) is 37.0 Å². The van der Waals surface area contributed by atoms with Crippen LogP contribution in [0, 0.1) is 0 Å². The Hall–Kier alpha value is -2.47. The van der Waals surface area contributed by atoms with Crippen LogP contribution >= 0.6 is 0 Å². The topological polar surface area (TPSA) is 56.1 Å². The predicted octanol–water partition coefficient (Wildman–Crippen LogP) is 3.00. The minimum atomic E-state index is 0.758. The quantitative estimate of drug-likeness (QED) is 0.809. The summed E-state index contributed by atoms with van der Waals surface area (Å²) in [6.45, 7) is 9.39. The summed E-state index contributed by atoms with van der Waals surface area (Å²) in [6.07, 6.45) is 9.77. The molecular weight excluding hydrogens is 302 g/mol. The standard InChI is InChI=1S/C18H23N5O/c1-4-14(3)18(5-2)23-13-17(20-21-23)15-10-16(12-19-11-15)22-6-8-24-9-7-22/h4-5,10-13H,6-9H2,1-3H3. The lowest BCUT2D eigenvalue weighted by atomic mass is 10.2. The van der Waals surface area contributed by atoms with Gasteiger partial charge in [-0.25, -0.2) is 4.68 Å². The number of aromatic nitrogens is 4. The van der Waals surface area contributed by atoms with E-state index in [1.807, 2.05) is 43.2 Å². The number of morpholine rings is 1. The number of nitrogens with zero attached hydrogens (tertiary/aromatic N) is 5. The number of pyridine rings is 1. The molecule has 2 aromatic rings. The molecule has 126 valence electrons. The number of hydrogen-bond donors (Lipinski definition) is 0. The van der Waals surface area contributed by atoms with Gasteiger partial charge in [0, 0.05) is 24.8 Å². The molecule has 3 rings (SSSR count). The van der Waals surface area contributed by atoms with Crippen LogP contribution in [0.15, 0.2) is 42.4 Å². The lowest BCUT2D eigenvalue weighted by Crippen LogP contribution is -2.36. The molecule has 3 heterocycles. The Morgan fingerprint density at radius 1 is 1.17 bits per heavy atom. The van der Waals surface area contributed by atoms with Gasteiger partial charge in [-0.1, -0.05) is 17.4 Å². The Labute approximate surface area is 142 Å². The van der Waals surface area contributed by atoms with Gasteiger partial charge in [0.2, 0.25) is 0 Å².